The lowest BCUT2D eigenvalue weighted by atomic mass is 10.1. The largest absolute Gasteiger partial charge is 0.469 e. The van der Waals surface area contributed by atoms with Crippen LogP contribution in [-0.4, -0.2) is 24.0 Å². The summed E-state index contributed by atoms with van der Waals surface area (Å²) in [5.41, 5.74) is 0.975. The summed E-state index contributed by atoms with van der Waals surface area (Å²) in [6, 6.07) is 1.94. The molecule has 1 amide bonds. The molecule has 0 aliphatic heterocycles. The van der Waals surface area contributed by atoms with Crippen LogP contribution in [-0.2, 0) is 20.7 Å². The minimum Gasteiger partial charge on any atom is -0.469 e. The molecule has 0 saturated heterocycles. The lowest BCUT2D eigenvalue weighted by Gasteiger charge is -2.09. The molecule has 19 heavy (non-hydrogen) atoms. The molecule has 5 nitrogen and oxygen atoms in total. The van der Waals surface area contributed by atoms with E-state index in [1.807, 2.05) is 6.07 Å². The van der Waals surface area contributed by atoms with Gasteiger partial charge in [-0.15, -0.1) is 0 Å². The molecule has 0 saturated carbocycles. The number of esters is 1. The molecule has 0 spiro atoms. The number of amides is 1. The molecule has 6 heteroatoms. The minimum absolute atomic E-state index is 0.0714. The van der Waals surface area contributed by atoms with Crippen molar-refractivity contribution in [1.29, 1.82) is 0 Å². The highest BCUT2D eigenvalue weighted by Gasteiger charge is 2.10. The molecular weight excluding hydrogens is 312 g/mol. The number of carbonyl (C=O) groups is 2. The maximum Gasteiger partial charge on any atom is 0.306 e. The smallest absolute Gasteiger partial charge is 0.306 e. The van der Waals surface area contributed by atoms with Crippen molar-refractivity contribution in [2.24, 2.45) is 0 Å². The predicted octanol–water partition coefficient (Wildman–Crippen LogP) is 2.69. The third-order valence-electron chi connectivity index (χ3n) is 2.49. The van der Waals surface area contributed by atoms with Gasteiger partial charge in [-0.2, -0.15) is 0 Å². The number of pyridine rings is 1. The number of nitrogens with zero attached hydrogens (tertiary/aromatic N) is 1. The maximum atomic E-state index is 11.7. The molecule has 1 heterocycles. The van der Waals surface area contributed by atoms with Crippen LogP contribution in [0.15, 0.2) is 16.7 Å². The van der Waals surface area contributed by atoms with Crippen molar-refractivity contribution < 1.29 is 14.3 Å². The van der Waals surface area contributed by atoms with Gasteiger partial charge >= 0.3 is 5.97 Å². The second kappa shape index (κ2) is 7.89. The van der Waals surface area contributed by atoms with E-state index in [4.69, 9.17) is 0 Å². The van der Waals surface area contributed by atoms with Gasteiger partial charge in [0.2, 0.25) is 5.91 Å². The summed E-state index contributed by atoms with van der Waals surface area (Å²) in [5, 5.41) is 2.72. The van der Waals surface area contributed by atoms with E-state index in [-0.39, 0.29) is 18.7 Å². The fourth-order valence-corrected chi connectivity index (χ4v) is 1.94. The van der Waals surface area contributed by atoms with E-state index in [2.05, 4.69) is 37.9 Å². The number of aromatic nitrogens is 1. The third-order valence-corrected chi connectivity index (χ3v) is 2.93. The van der Waals surface area contributed by atoms with E-state index >= 15 is 0 Å². The Bertz CT molecular complexity index is 463. The Labute approximate surface area is 120 Å². The quantitative estimate of drug-likeness (QED) is 0.815. The zero-order chi connectivity index (χ0) is 14.3. The zero-order valence-corrected chi connectivity index (χ0v) is 12.6. The molecule has 1 aromatic heterocycles. The van der Waals surface area contributed by atoms with E-state index in [1.54, 1.807) is 6.20 Å². The lowest BCUT2D eigenvalue weighted by Crippen LogP contribution is -2.16. The zero-order valence-electron chi connectivity index (χ0n) is 11.0. The Morgan fingerprint density at radius 1 is 1.42 bits per heavy atom. The highest BCUT2D eigenvalue weighted by molar-refractivity contribution is 9.10. The standard InChI is InChI=1S/C13H17BrN2O3/c1-3-4-9-7-10(14)8-15-13(9)16-11(17)5-6-12(18)19-2/h7-8H,3-6H2,1-2H3,(H,15,16,17). The van der Waals surface area contributed by atoms with E-state index in [9.17, 15) is 9.59 Å². The molecular formula is C13H17BrN2O3. The SMILES string of the molecule is CCCc1cc(Br)cnc1NC(=O)CCC(=O)OC. The van der Waals surface area contributed by atoms with Crippen molar-refractivity contribution in [1.82, 2.24) is 4.98 Å². The normalized spacial score (nSPS) is 10.1. The summed E-state index contributed by atoms with van der Waals surface area (Å²) in [6.45, 7) is 2.06. The number of anilines is 1. The summed E-state index contributed by atoms with van der Waals surface area (Å²) >= 11 is 3.36. The number of hydrogen-bond donors (Lipinski definition) is 1. The summed E-state index contributed by atoms with van der Waals surface area (Å²) < 4.78 is 5.37. The van der Waals surface area contributed by atoms with Gasteiger partial charge in [-0.25, -0.2) is 4.98 Å². The van der Waals surface area contributed by atoms with E-state index < -0.39 is 5.97 Å². The average molecular weight is 329 g/mol. The van der Waals surface area contributed by atoms with E-state index in [1.165, 1.54) is 7.11 Å². The molecule has 104 valence electrons. The Kier molecular flexibility index (Phi) is 6.49. The molecule has 0 unspecified atom stereocenters. The van der Waals surface area contributed by atoms with Crippen molar-refractivity contribution in [3.63, 3.8) is 0 Å². The first kappa shape index (κ1) is 15.6. The second-order valence-electron chi connectivity index (χ2n) is 4.04. The molecule has 0 bridgehead atoms. The van der Waals surface area contributed by atoms with Crippen molar-refractivity contribution in [2.45, 2.75) is 32.6 Å². The number of aryl methyl sites for hydroxylation is 1. The Morgan fingerprint density at radius 2 is 2.16 bits per heavy atom. The molecule has 0 aliphatic carbocycles. The molecule has 0 radical (unpaired) electrons. The van der Waals surface area contributed by atoms with Gasteiger partial charge in [0.05, 0.1) is 13.5 Å². The topological polar surface area (TPSA) is 68.3 Å². The van der Waals surface area contributed by atoms with Crippen LogP contribution in [0, 0.1) is 0 Å². The molecule has 1 N–H and O–H groups in total. The number of methoxy groups -OCH3 is 1. The van der Waals surface area contributed by atoms with Gasteiger partial charge in [-0.05, 0) is 34.0 Å². The average Bonchev–Trinajstić information content (AvgIpc) is 2.39. The number of rotatable bonds is 6. The van der Waals surface area contributed by atoms with Gasteiger partial charge in [-0.3, -0.25) is 9.59 Å². The summed E-state index contributed by atoms with van der Waals surface area (Å²) in [6.07, 6.45) is 3.59. The first-order valence-electron chi connectivity index (χ1n) is 6.08. The molecule has 0 fully saturated rings. The van der Waals surface area contributed by atoms with Crippen molar-refractivity contribution in [3.8, 4) is 0 Å². The molecule has 1 aromatic rings. The summed E-state index contributed by atoms with van der Waals surface area (Å²) in [7, 11) is 1.30. The first-order valence-corrected chi connectivity index (χ1v) is 6.87. The fraction of sp³-hybridized carbons (Fsp3) is 0.462. The van der Waals surface area contributed by atoms with Crippen LogP contribution in [0.25, 0.3) is 0 Å². The molecule has 0 aliphatic rings. The third kappa shape index (κ3) is 5.38. The molecule has 0 atom stereocenters. The molecule has 1 rings (SSSR count). The van der Waals surface area contributed by atoms with Crippen LogP contribution in [0.2, 0.25) is 0 Å². The molecule has 0 aromatic carbocycles. The van der Waals surface area contributed by atoms with Crippen LogP contribution >= 0.6 is 15.9 Å². The van der Waals surface area contributed by atoms with E-state index in [0.29, 0.717) is 5.82 Å². The van der Waals surface area contributed by atoms with Crippen molar-refractivity contribution >= 4 is 33.6 Å². The monoisotopic (exact) mass is 328 g/mol. The predicted molar refractivity (Wildman–Crippen MR) is 75.8 cm³/mol. The fourth-order valence-electron chi connectivity index (χ4n) is 1.57. The van der Waals surface area contributed by atoms with Crippen LogP contribution in [0.4, 0.5) is 5.82 Å². The maximum absolute atomic E-state index is 11.7. The van der Waals surface area contributed by atoms with Crippen LogP contribution in [0.1, 0.15) is 31.7 Å². The van der Waals surface area contributed by atoms with Crippen molar-refractivity contribution in [3.05, 3.63) is 22.3 Å². The number of ether oxygens (including phenoxy) is 1. The van der Waals surface area contributed by atoms with Crippen LogP contribution in [0.5, 0.6) is 0 Å². The van der Waals surface area contributed by atoms with Crippen LogP contribution < -0.4 is 5.32 Å². The number of halogens is 1. The Balaban J connectivity index is 2.65. The number of hydrogen-bond acceptors (Lipinski definition) is 4. The van der Waals surface area contributed by atoms with E-state index in [0.717, 1.165) is 22.9 Å². The van der Waals surface area contributed by atoms with Gasteiger partial charge < -0.3 is 10.1 Å². The Morgan fingerprint density at radius 3 is 2.79 bits per heavy atom. The first-order chi connectivity index (χ1) is 9.06. The number of carbonyl (C=O) groups excluding carboxylic acids is 2. The van der Waals surface area contributed by atoms with Gasteiger partial charge in [0.25, 0.3) is 0 Å². The Hall–Kier alpha value is -1.43. The van der Waals surface area contributed by atoms with Gasteiger partial charge in [0.1, 0.15) is 5.82 Å². The van der Waals surface area contributed by atoms with Crippen LogP contribution in [0.3, 0.4) is 0 Å². The lowest BCUT2D eigenvalue weighted by molar-refractivity contribution is -0.141. The second-order valence-corrected chi connectivity index (χ2v) is 4.95. The number of nitrogens with one attached hydrogen (secondary N) is 1. The summed E-state index contributed by atoms with van der Waals surface area (Å²) in [4.78, 5) is 26.9. The highest BCUT2D eigenvalue weighted by atomic mass is 79.9. The van der Waals surface area contributed by atoms with Gasteiger partial charge in [-0.1, -0.05) is 13.3 Å². The summed E-state index contributed by atoms with van der Waals surface area (Å²) in [5.74, 6) is -0.0785. The highest BCUT2D eigenvalue weighted by Crippen LogP contribution is 2.19. The minimum atomic E-state index is -0.396. The van der Waals surface area contributed by atoms with Gasteiger partial charge in [0, 0.05) is 17.1 Å². The van der Waals surface area contributed by atoms with Gasteiger partial charge in [0.15, 0.2) is 0 Å². The van der Waals surface area contributed by atoms with Crippen molar-refractivity contribution in [2.75, 3.05) is 12.4 Å².